The van der Waals surface area contributed by atoms with E-state index in [-0.39, 0.29) is 31.0 Å². The Labute approximate surface area is 182 Å². The lowest BCUT2D eigenvalue weighted by atomic mass is 10.2. The van der Waals surface area contributed by atoms with Crippen molar-refractivity contribution < 1.29 is 28.7 Å². The Morgan fingerprint density at radius 2 is 1.94 bits per heavy atom. The zero-order chi connectivity index (χ0) is 22.2. The van der Waals surface area contributed by atoms with Crippen LogP contribution in [0, 0.1) is 0 Å². The summed E-state index contributed by atoms with van der Waals surface area (Å²) in [7, 11) is 3.40. The molecule has 166 valence electrons. The fourth-order valence-electron chi connectivity index (χ4n) is 3.42. The molecule has 3 rings (SSSR count). The van der Waals surface area contributed by atoms with Crippen molar-refractivity contribution in [3.05, 3.63) is 48.5 Å². The summed E-state index contributed by atoms with van der Waals surface area (Å²) in [6.07, 6.45) is -0.226. The van der Waals surface area contributed by atoms with Crippen LogP contribution in [0.5, 0.6) is 17.2 Å². The van der Waals surface area contributed by atoms with E-state index >= 15 is 0 Å². The van der Waals surface area contributed by atoms with Crippen molar-refractivity contribution in [1.82, 2.24) is 4.90 Å². The van der Waals surface area contributed by atoms with Gasteiger partial charge in [-0.15, -0.1) is 0 Å². The van der Waals surface area contributed by atoms with Crippen LogP contribution < -0.4 is 24.4 Å². The minimum absolute atomic E-state index is 0.0309. The Hall–Kier alpha value is -3.26. The summed E-state index contributed by atoms with van der Waals surface area (Å²) in [6.45, 7) is 3.71. The zero-order valence-corrected chi connectivity index (χ0v) is 18.2. The van der Waals surface area contributed by atoms with Crippen LogP contribution >= 0.6 is 0 Å². The molecule has 2 atom stereocenters. The number of benzene rings is 2. The third-order valence-corrected chi connectivity index (χ3v) is 4.99. The van der Waals surface area contributed by atoms with Gasteiger partial charge < -0.3 is 29.3 Å². The zero-order valence-electron chi connectivity index (χ0n) is 18.2. The van der Waals surface area contributed by atoms with Gasteiger partial charge in [-0.3, -0.25) is 9.59 Å². The van der Waals surface area contributed by atoms with E-state index in [1.54, 1.807) is 24.1 Å². The van der Waals surface area contributed by atoms with Gasteiger partial charge in [0.15, 0.2) is 30.7 Å². The summed E-state index contributed by atoms with van der Waals surface area (Å²) < 4.78 is 16.9. The highest BCUT2D eigenvalue weighted by Gasteiger charge is 2.26. The number of carbonyl (C=O) groups excluding carboxylic acids is 2. The second-order valence-electron chi connectivity index (χ2n) is 7.52. The highest BCUT2D eigenvalue weighted by Crippen LogP contribution is 2.31. The number of nitrogens with one attached hydrogen (secondary N) is 2. The molecule has 1 aliphatic heterocycles. The summed E-state index contributed by atoms with van der Waals surface area (Å²) in [4.78, 5) is 27.7. The van der Waals surface area contributed by atoms with Gasteiger partial charge in [-0.25, -0.2) is 0 Å². The van der Waals surface area contributed by atoms with Crippen LogP contribution in [-0.2, 0) is 9.59 Å². The summed E-state index contributed by atoms with van der Waals surface area (Å²) in [5.41, 5.74) is 0.661. The highest BCUT2D eigenvalue weighted by molar-refractivity contribution is 5.91. The molecule has 0 radical (unpaired) electrons. The standard InChI is InChI=1S/C23H29N3O5/c1-4-26(13-19-16-30-20-10-5-6-11-21(20)31-19)23(28)15-25(2)14-22(27)24-17-8-7-9-18(12-17)29-3/h5-12,19H,4,13-16H2,1-3H3,(H,24,27)/p+1/t19-/m0/s1. The number of ether oxygens (including phenoxy) is 3. The van der Waals surface area contributed by atoms with E-state index in [2.05, 4.69) is 5.32 Å². The first-order valence-corrected chi connectivity index (χ1v) is 10.4. The number of hydrogen-bond acceptors (Lipinski definition) is 5. The molecule has 0 fully saturated rings. The minimum Gasteiger partial charge on any atom is -0.497 e. The first-order valence-electron chi connectivity index (χ1n) is 10.4. The van der Waals surface area contributed by atoms with Gasteiger partial charge in [0.25, 0.3) is 11.8 Å². The Morgan fingerprint density at radius 1 is 1.16 bits per heavy atom. The number of nitrogens with zero attached hydrogens (tertiary/aromatic N) is 1. The average Bonchev–Trinajstić information content (AvgIpc) is 2.77. The molecular formula is C23H30N3O5+. The SMILES string of the molecule is CCN(C[C@H]1COc2ccccc2O1)C(=O)C[NH+](C)CC(=O)Nc1cccc(OC)c1. The number of likely N-dealkylation sites (N-methyl/N-ethyl adjacent to an activating group) is 2. The fraction of sp³-hybridized carbons (Fsp3) is 0.391. The predicted molar refractivity (Wildman–Crippen MR) is 117 cm³/mol. The van der Waals surface area contributed by atoms with Gasteiger partial charge in [0.05, 0.1) is 20.7 Å². The van der Waals surface area contributed by atoms with Crippen LogP contribution in [0.15, 0.2) is 48.5 Å². The Kier molecular flexibility index (Phi) is 7.72. The normalized spacial score (nSPS) is 15.6. The minimum atomic E-state index is -0.226. The van der Waals surface area contributed by atoms with Crippen molar-refractivity contribution >= 4 is 17.5 Å². The fourth-order valence-corrected chi connectivity index (χ4v) is 3.42. The number of quaternary nitrogens is 1. The molecule has 31 heavy (non-hydrogen) atoms. The maximum Gasteiger partial charge on any atom is 0.279 e. The van der Waals surface area contributed by atoms with Crippen molar-refractivity contribution in [3.63, 3.8) is 0 Å². The van der Waals surface area contributed by atoms with Crippen LogP contribution in [0.1, 0.15) is 6.92 Å². The highest BCUT2D eigenvalue weighted by atomic mass is 16.6. The molecule has 2 amide bonds. The van der Waals surface area contributed by atoms with Gasteiger partial charge >= 0.3 is 0 Å². The second-order valence-corrected chi connectivity index (χ2v) is 7.52. The van der Waals surface area contributed by atoms with Crippen molar-refractivity contribution in [2.24, 2.45) is 0 Å². The van der Waals surface area contributed by atoms with Gasteiger partial charge in [0.1, 0.15) is 12.4 Å². The molecule has 0 aliphatic carbocycles. The number of methoxy groups -OCH3 is 1. The monoisotopic (exact) mass is 428 g/mol. The van der Waals surface area contributed by atoms with Gasteiger partial charge in [-0.1, -0.05) is 18.2 Å². The molecule has 0 saturated heterocycles. The van der Waals surface area contributed by atoms with Gasteiger partial charge in [-0.2, -0.15) is 0 Å². The van der Waals surface area contributed by atoms with Gasteiger partial charge in [0, 0.05) is 18.3 Å². The third kappa shape index (κ3) is 6.36. The number of fused-ring (bicyclic) bond motifs is 1. The van der Waals surface area contributed by atoms with Crippen molar-refractivity contribution in [1.29, 1.82) is 0 Å². The van der Waals surface area contributed by atoms with E-state index in [1.165, 1.54) is 0 Å². The van der Waals surface area contributed by atoms with Crippen LogP contribution in [0.25, 0.3) is 0 Å². The van der Waals surface area contributed by atoms with E-state index in [1.807, 2.05) is 50.4 Å². The first kappa shape index (κ1) is 22.4. The number of anilines is 1. The number of carbonyl (C=O) groups is 2. The number of hydrogen-bond donors (Lipinski definition) is 2. The van der Waals surface area contributed by atoms with E-state index in [0.29, 0.717) is 36.9 Å². The lowest BCUT2D eigenvalue weighted by Gasteiger charge is -2.31. The molecule has 8 heteroatoms. The van der Waals surface area contributed by atoms with E-state index in [4.69, 9.17) is 14.2 Å². The predicted octanol–water partition coefficient (Wildman–Crippen LogP) is 0.837. The molecule has 0 aromatic heterocycles. The lowest BCUT2D eigenvalue weighted by molar-refractivity contribution is -0.862. The van der Waals surface area contributed by atoms with Crippen LogP contribution in [0.2, 0.25) is 0 Å². The third-order valence-electron chi connectivity index (χ3n) is 4.99. The van der Waals surface area contributed by atoms with Gasteiger partial charge in [-0.05, 0) is 31.2 Å². The van der Waals surface area contributed by atoms with Crippen LogP contribution in [0.3, 0.4) is 0 Å². The molecule has 2 aromatic carbocycles. The molecule has 0 bridgehead atoms. The number of amides is 2. The molecule has 2 N–H and O–H groups in total. The maximum atomic E-state index is 12.8. The average molecular weight is 429 g/mol. The summed E-state index contributed by atoms with van der Waals surface area (Å²) >= 11 is 0. The molecule has 1 heterocycles. The Morgan fingerprint density at radius 3 is 2.68 bits per heavy atom. The molecule has 8 nitrogen and oxygen atoms in total. The second kappa shape index (κ2) is 10.7. The summed E-state index contributed by atoms with van der Waals surface area (Å²) in [6, 6.07) is 14.7. The molecule has 1 aliphatic rings. The smallest absolute Gasteiger partial charge is 0.279 e. The van der Waals surface area contributed by atoms with E-state index in [0.717, 1.165) is 10.6 Å². The van der Waals surface area contributed by atoms with Crippen LogP contribution in [-0.4, -0.2) is 69.8 Å². The number of rotatable bonds is 9. The lowest BCUT2D eigenvalue weighted by Crippen LogP contribution is -3.11. The molecule has 0 spiro atoms. The van der Waals surface area contributed by atoms with E-state index in [9.17, 15) is 9.59 Å². The summed E-state index contributed by atoms with van der Waals surface area (Å²) in [5, 5.41) is 2.84. The molecule has 1 unspecified atom stereocenters. The van der Waals surface area contributed by atoms with Crippen molar-refractivity contribution in [2.45, 2.75) is 13.0 Å². The van der Waals surface area contributed by atoms with Crippen LogP contribution in [0.4, 0.5) is 5.69 Å². The first-order chi connectivity index (χ1) is 15.0. The quantitative estimate of drug-likeness (QED) is 0.619. The molecule has 0 saturated carbocycles. The summed E-state index contributed by atoms with van der Waals surface area (Å²) in [5.74, 6) is 1.89. The Balaban J connectivity index is 1.47. The van der Waals surface area contributed by atoms with Crippen molar-refractivity contribution in [3.8, 4) is 17.2 Å². The Bertz CT molecular complexity index is 904. The van der Waals surface area contributed by atoms with E-state index < -0.39 is 0 Å². The van der Waals surface area contributed by atoms with Crippen molar-refractivity contribution in [2.75, 3.05) is 52.3 Å². The number of para-hydroxylation sites is 2. The molecular weight excluding hydrogens is 398 g/mol. The largest absolute Gasteiger partial charge is 0.497 e. The topological polar surface area (TPSA) is 81.5 Å². The van der Waals surface area contributed by atoms with Gasteiger partial charge in [0.2, 0.25) is 0 Å². The maximum absolute atomic E-state index is 12.8. The molecule has 2 aromatic rings.